The van der Waals surface area contributed by atoms with Gasteiger partial charge in [-0.3, -0.25) is 0 Å². The highest BCUT2D eigenvalue weighted by molar-refractivity contribution is 7.19. The van der Waals surface area contributed by atoms with E-state index >= 15 is 0 Å². The van der Waals surface area contributed by atoms with Crippen molar-refractivity contribution in [3.05, 3.63) is 62.8 Å². The van der Waals surface area contributed by atoms with E-state index < -0.39 is 4.92 Å². The van der Waals surface area contributed by atoms with E-state index in [1.54, 1.807) is 18.2 Å². The number of fused-ring (bicyclic) bond motifs is 1. The molecule has 0 saturated carbocycles. The molecule has 0 unspecified atom stereocenters. The maximum atomic E-state index is 11.3. The predicted octanol–water partition coefficient (Wildman–Crippen LogP) is 5.33. The van der Waals surface area contributed by atoms with Gasteiger partial charge in [0.2, 0.25) is 0 Å². The zero-order valence-corrected chi connectivity index (χ0v) is 18.7. The van der Waals surface area contributed by atoms with Crippen molar-refractivity contribution in [2.24, 2.45) is 0 Å². The Kier molecular flexibility index (Phi) is 7.00. The van der Waals surface area contributed by atoms with Crippen LogP contribution in [0.3, 0.4) is 0 Å². The van der Waals surface area contributed by atoms with Crippen molar-refractivity contribution in [1.29, 1.82) is 0 Å². The number of hydrogen-bond acceptors (Lipinski definition) is 7. The van der Waals surface area contributed by atoms with Crippen molar-refractivity contribution in [2.75, 3.05) is 13.4 Å². The quantitative estimate of drug-likeness (QED) is 0.170. The van der Waals surface area contributed by atoms with Gasteiger partial charge >= 0.3 is 5.82 Å². The molecule has 0 amide bonds. The fourth-order valence-corrected chi connectivity index (χ4v) is 3.51. The van der Waals surface area contributed by atoms with Gasteiger partial charge in [0.15, 0.2) is 6.79 Å². The van der Waals surface area contributed by atoms with E-state index in [9.17, 15) is 10.1 Å². The number of rotatable bonds is 6. The van der Waals surface area contributed by atoms with Crippen molar-refractivity contribution in [2.45, 2.75) is 33.1 Å². The van der Waals surface area contributed by atoms with Crippen LogP contribution >= 0.6 is 11.3 Å². The lowest BCUT2D eigenvalue weighted by Crippen LogP contribution is -2.12. The van der Waals surface area contributed by atoms with Gasteiger partial charge in [0, 0.05) is 12.2 Å². The number of thiazole rings is 1. The lowest BCUT2D eigenvalue weighted by Gasteiger charge is -2.17. The number of pyridine rings is 1. The zero-order chi connectivity index (χ0) is 22.4. The third-order valence-electron chi connectivity index (χ3n) is 4.31. The Morgan fingerprint density at radius 1 is 1.29 bits per heavy atom. The molecule has 0 aliphatic rings. The van der Waals surface area contributed by atoms with E-state index in [4.69, 9.17) is 9.47 Å². The van der Waals surface area contributed by atoms with E-state index in [2.05, 4.69) is 21.8 Å². The second kappa shape index (κ2) is 9.69. The molecule has 2 aromatic heterocycles. The van der Waals surface area contributed by atoms with E-state index in [0.29, 0.717) is 12.2 Å². The minimum atomic E-state index is -0.515. The summed E-state index contributed by atoms with van der Waals surface area (Å²) < 4.78 is 11.7. The summed E-state index contributed by atoms with van der Waals surface area (Å²) in [6, 6.07) is 7.39. The standard InChI is InChI=1S/C23H23N3O4S/c1-5-29-15-30-18-10-11-19-20(13-18)31-21(25-19)9-7-6-8-16-12-17(23(2,3)4)14-24-22(16)26(27)28/h7,9-14H,5,15H2,1-4H3/b9-7+. The summed E-state index contributed by atoms with van der Waals surface area (Å²) in [6.45, 7) is 8.78. The van der Waals surface area contributed by atoms with Crippen LogP contribution in [0.4, 0.5) is 5.82 Å². The molecule has 0 radical (unpaired) electrons. The predicted molar refractivity (Wildman–Crippen MR) is 122 cm³/mol. The summed E-state index contributed by atoms with van der Waals surface area (Å²) in [5, 5.41) is 12.1. The second-order valence-corrected chi connectivity index (χ2v) is 8.70. The molecule has 0 bridgehead atoms. The fourth-order valence-electron chi connectivity index (χ4n) is 2.61. The highest BCUT2D eigenvalue weighted by atomic mass is 32.1. The molecule has 2 heterocycles. The van der Waals surface area contributed by atoms with Gasteiger partial charge in [-0.05, 0) is 58.7 Å². The van der Waals surface area contributed by atoms with Crippen LogP contribution in [0.1, 0.15) is 43.8 Å². The average molecular weight is 438 g/mol. The van der Waals surface area contributed by atoms with Gasteiger partial charge in [0.05, 0.1) is 10.2 Å². The first-order valence-electron chi connectivity index (χ1n) is 9.72. The molecule has 3 rings (SSSR count). The molecule has 0 fully saturated rings. The van der Waals surface area contributed by atoms with Crippen LogP contribution in [0.2, 0.25) is 0 Å². The first kappa shape index (κ1) is 22.4. The minimum Gasteiger partial charge on any atom is -0.468 e. The Morgan fingerprint density at radius 3 is 2.81 bits per heavy atom. The van der Waals surface area contributed by atoms with Crippen LogP contribution in [0.15, 0.2) is 36.5 Å². The van der Waals surface area contributed by atoms with E-state index in [1.807, 2.05) is 45.9 Å². The lowest BCUT2D eigenvalue weighted by molar-refractivity contribution is -0.389. The van der Waals surface area contributed by atoms with Gasteiger partial charge in [-0.15, -0.1) is 11.3 Å². The van der Waals surface area contributed by atoms with Crippen molar-refractivity contribution < 1.29 is 14.4 Å². The Labute approximate surface area is 184 Å². The Hall–Kier alpha value is -3.28. The third-order valence-corrected chi connectivity index (χ3v) is 5.29. The molecule has 0 atom stereocenters. The van der Waals surface area contributed by atoms with Gasteiger partial charge in [0.1, 0.15) is 22.5 Å². The maximum Gasteiger partial charge on any atom is 0.379 e. The molecule has 1 aromatic carbocycles. The number of ether oxygens (including phenoxy) is 2. The monoisotopic (exact) mass is 437 g/mol. The topological polar surface area (TPSA) is 87.4 Å². The van der Waals surface area contributed by atoms with Crippen LogP contribution in [0, 0.1) is 22.0 Å². The summed E-state index contributed by atoms with van der Waals surface area (Å²) >= 11 is 1.50. The first-order valence-corrected chi connectivity index (χ1v) is 10.5. The molecular formula is C23H23N3O4S. The number of hydrogen-bond donors (Lipinski definition) is 0. The van der Waals surface area contributed by atoms with E-state index in [1.165, 1.54) is 17.5 Å². The normalized spacial score (nSPS) is 11.5. The van der Waals surface area contributed by atoms with E-state index in [-0.39, 0.29) is 18.0 Å². The van der Waals surface area contributed by atoms with Crippen molar-refractivity contribution >= 4 is 33.4 Å². The minimum absolute atomic E-state index is 0.180. The average Bonchev–Trinajstić information content (AvgIpc) is 3.12. The van der Waals surface area contributed by atoms with Crippen molar-refractivity contribution in [3.63, 3.8) is 0 Å². The van der Waals surface area contributed by atoms with Gasteiger partial charge in [-0.25, -0.2) is 4.98 Å². The summed E-state index contributed by atoms with van der Waals surface area (Å²) in [6.07, 6.45) is 4.95. The molecule has 31 heavy (non-hydrogen) atoms. The second-order valence-electron chi connectivity index (χ2n) is 7.64. The molecular weight excluding hydrogens is 414 g/mol. The van der Waals surface area contributed by atoms with Gasteiger partial charge in [0.25, 0.3) is 0 Å². The number of benzene rings is 1. The van der Waals surface area contributed by atoms with Crippen molar-refractivity contribution in [3.8, 4) is 17.6 Å². The lowest BCUT2D eigenvalue weighted by atomic mass is 9.87. The summed E-state index contributed by atoms with van der Waals surface area (Å²) in [4.78, 5) is 19.3. The Bertz CT molecular complexity index is 1180. The van der Waals surface area contributed by atoms with Crippen LogP contribution in [0.5, 0.6) is 5.75 Å². The zero-order valence-electron chi connectivity index (χ0n) is 17.8. The van der Waals surface area contributed by atoms with E-state index in [0.717, 1.165) is 26.5 Å². The molecule has 0 aliphatic carbocycles. The summed E-state index contributed by atoms with van der Waals surface area (Å²) in [5.74, 6) is 6.19. The largest absolute Gasteiger partial charge is 0.468 e. The van der Waals surface area contributed by atoms with Crippen LogP contribution in [-0.2, 0) is 10.2 Å². The summed E-state index contributed by atoms with van der Waals surface area (Å²) in [7, 11) is 0. The van der Waals surface area contributed by atoms with Gasteiger partial charge < -0.3 is 19.6 Å². The highest BCUT2D eigenvalue weighted by Gasteiger charge is 2.21. The molecule has 0 spiro atoms. The van der Waals surface area contributed by atoms with Crippen LogP contribution in [-0.4, -0.2) is 28.3 Å². The molecule has 0 aliphatic heterocycles. The number of aromatic nitrogens is 2. The first-order chi connectivity index (χ1) is 14.8. The Morgan fingerprint density at radius 2 is 2.10 bits per heavy atom. The number of nitrogens with zero attached hydrogens (tertiary/aromatic N) is 3. The van der Waals surface area contributed by atoms with Gasteiger partial charge in [-0.2, -0.15) is 0 Å². The smallest absolute Gasteiger partial charge is 0.379 e. The van der Waals surface area contributed by atoms with Crippen LogP contribution < -0.4 is 4.74 Å². The summed E-state index contributed by atoms with van der Waals surface area (Å²) in [5.41, 5.74) is 1.86. The molecule has 0 saturated heterocycles. The maximum absolute atomic E-state index is 11.3. The van der Waals surface area contributed by atoms with Gasteiger partial charge in [-0.1, -0.05) is 32.6 Å². The number of nitro groups is 1. The van der Waals surface area contributed by atoms with Crippen LogP contribution in [0.25, 0.3) is 16.3 Å². The SMILES string of the molecule is CCOCOc1ccc2nc(/C=C/C#Cc3cc(C(C)(C)C)cnc3[N+](=O)[O-])sc2c1. The van der Waals surface area contributed by atoms with Crippen molar-refractivity contribution in [1.82, 2.24) is 9.97 Å². The highest BCUT2D eigenvalue weighted by Crippen LogP contribution is 2.27. The molecule has 160 valence electrons. The molecule has 0 N–H and O–H groups in total. The molecule has 3 aromatic rings. The fraction of sp³-hybridized carbons (Fsp3) is 0.304. The molecule has 8 heteroatoms. The third kappa shape index (κ3) is 5.87. The Balaban J connectivity index is 1.80. The number of allylic oxidation sites excluding steroid dienone is 1. The molecule has 7 nitrogen and oxygen atoms in total.